The fraction of sp³-hybridized carbons (Fsp3) is 0.444. The maximum absolute atomic E-state index is 12.6. The van der Waals surface area contributed by atoms with E-state index in [1.165, 1.54) is 24.8 Å². The standard InChI is InChI=1S/C27H31N3O11/c1-15-22(30-11-21(28-29-30)20-9-7-6-8-19(20)12-37-14-31)10-23(27(35)36-5)41-25(15)26(40-18(4)34)24(39-17(3)33)13-38-16(2)32/h6-11,14-15,22,24-26H,12-13H2,1-5H3/t15-,22+,24-,25-,26-/m1/s1. The van der Waals surface area contributed by atoms with Gasteiger partial charge in [-0.1, -0.05) is 36.4 Å². The van der Waals surface area contributed by atoms with Gasteiger partial charge in [0.15, 0.2) is 12.2 Å². The highest BCUT2D eigenvalue weighted by molar-refractivity contribution is 5.86. The summed E-state index contributed by atoms with van der Waals surface area (Å²) in [5.41, 5.74) is 1.82. The van der Waals surface area contributed by atoms with Gasteiger partial charge in [-0.3, -0.25) is 19.2 Å². The largest absolute Gasteiger partial charge is 0.479 e. The predicted octanol–water partition coefficient (Wildman–Crippen LogP) is 1.68. The second kappa shape index (κ2) is 14.1. The molecule has 1 aliphatic rings. The van der Waals surface area contributed by atoms with Crippen LogP contribution in [0.2, 0.25) is 0 Å². The van der Waals surface area contributed by atoms with Crippen molar-refractivity contribution in [2.75, 3.05) is 13.7 Å². The Morgan fingerprint density at radius 1 is 1.07 bits per heavy atom. The summed E-state index contributed by atoms with van der Waals surface area (Å²) in [6.45, 7) is 5.16. The smallest absolute Gasteiger partial charge is 0.373 e. The number of ether oxygens (including phenoxy) is 6. The second-order valence-corrected chi connectivity index (χ2v) is 9.13. The maximum atomic E-state index is 12.6. The summed E-state index contributed by atoms with van der Waals surface area (Å²) in [7, 11) is 1.17. The number of benzene rings is 1. The molecule has 2 heterocycles. The summed E-state index contributed by atoms with van der Waals surface area (Å²) in [4.78, 5) is 58.9. The van der Waals surface area contributed by atoms with Crippen LogP contribution in [0.4, 0.5) is 0 Å². The summed E-state index contributed by atoms with van der Waals surface area (Å²) in [5.74, 6) is -3.69. The fourth-order valence-corrected chi connectivity index (χ4v) is 4.42. The Labute approximate surface area is 235 Å². The van der Waals surface area contributed by atoms with E-state index in [2.05, 4.69) is 10.3 Å². The molecule has 5 atom stereocenters. The van der Waals surface area contributed by atoms with Crippen molar-refractivity contribution in [1.29, 1.82) is 0 Å². The van der Waals surface area contributed by atoms with Gasteiger partial charge in [0.05, 0.1) is 19.3 Å². The lowest BCUT2D eigenvalue weighted by atomic mass is 9.87. The molecule has 0 aliphatic carbocycles. The highest BCUT2D eigenvalue weighted by atomic mass is 16.6. The quantitative estimate of drug-likeness (QED) is 0.204. The molecular weight excluding hydrogens is 542 g/mol. The van der Waals surface area contributed by atoms with Gasteiger partial charge in [0, 0.05) is 32.3 Å². The lowest BCUT2D eigenvalue weighted by Gasteiger charge is -2.40. The van der Waals surface area contributed by atoms with Gasteiger partial charge in [-0.05, 0) is 11.6 Å². The molecule has 0 saturated carbocycles. The molecule has 41 heavy (non-hydrogen) atoms. The van der Waals surface area contributed by atoms with Crippen molar-refractivity contribution >= 4 is 30.3 Å². The fourth-order valence-electron chi connectivity index (χ4n) is 4.42. The molecule has 0 saturated heterocycles. The first-order valence-corrected chi connectivity index (χ1v) is 12.6. The van der Waals surface area contributed by atoms with Crippen LogP contribution in [0.25, 0.3) is 11.3 Å². The van der Waals surface area contributed by atoms with E-state index in [0.29, 0.717) is 23.3 Å². The van der Waals surface area contributed by atoms with E-state index in [0.717, 1.165) is 13.8 Å². The molecule has 14 nitrogen and oxygen atoms in total. The molecule has 0 unspecified atom stereocenters. The van der Waals surface area contributed by atoms with Crippen molar-refractivity contribution in [3.63, 3.8) is 0 Å². The first-order chi connectivity index (χ1) is 19.5. The number of carbonyl (C=O) groups is 5. The first-order valence-electron chi connectivity index (χ1n) is 12.6. The van der Waals surface area contributed by atoms with Crippen LogP contribution >= 0.6 is 0 Å². The Bertz CT molecular complexity index is 1300. The van der Waals surface area contributed by atoms with E-state index in [-0.39, 0.29) is 12.4 Å². The van der Waals surface area contributed by atoms with Gasteiger partial charge in [0.1, 0.15) is 25.0 Å². The van der Waals surface area contributed by atoms with Crippen LogP contribution in [0.1, 0.15) is 39.3 Å². The van der Waals surface area contributed by atoms with Crippen molar-refractivity contribution in [3.8, 4) is 11.3 Å². The van der Waals surface area contributed by atoms with E-state index in [4.69, 9.17) is 28.4 Å². The Hall–Kier alpha value is -4.75. The monoisotopic (exact) mass is 573 g/mol. The Kier molecular flexibility index (Phi) is 10.6. The summed E-state index contributed by atoms with van der Waals surface area (Å²) in [5, 5.41) is 8.52. The van der Waals surface area contributed by atoms with Crippen molar-refractivity contribution in [3.05, 3.63) is 47.9 Å². The van der Waals surface area contributed by atoms with Crippen LogP contribution in [-0.4, -0.2) is 77.4 Å². The minimum atomic E-state index is -1.30. The molecule has 0 amide bonds. The third-order valence-electron chi connectivity index (χ3n) is 6.21. The molecule has 3 rings (SSSR count). The van der Waals surface area contributed by atoms with Crippen molar-refractivity contribution in [2.45, 2.75) is 58.7 Å². The van der Waals surface area contributed by atoms with E-state index >= 15 is 0 Å². The number of hydrogen-bond donors (Lipinski definition) is 0. The summed E-state index contributed by atoms with van der Waals surface area (Å²) >= 11 is 0. The number of hydrogen-bond acceptors (Lipinski definition) is 13. The van der Waals surface area contributed by atoms with Crippen LogP contribution in [0, 0.1) is 5.92 Å². The van der Waals surface area contributed by atoms with Gasteiger partial charge in [0.2, 0.25) is 5.76 Å². The van der Waals surface area contributed by atoms with E-state index in [1.54, 1.807) is 37.4 Å². The molecular formula is C27H31N3O11. The lowest BCUT2D eigenvalue weighted by Crippen LogP contribution is -2.52. The van der Waals surface area contributed by atoms with E-state index in [1.807, 2.05) is 0 Å². The first kappa shape index (κ1) is 30.8. The van der Waals surface area contributed by atoms with E-state index < -0.39 is 60.8 Å². The molecule has 1 aliphatic heterocycles. The number of esters is 4. The molecule has 0 radical (unpaired) electrons. The number of nitrogens with zero attached hydrogens (tertiary/aromatic N) is 3. The second-order valence-electron chi connectivity index (χ2n) is 9.13. The Morgan fingerprint density at radius 3 is 2.41 bits per heavy atom. The highest BCUT2D eigenvalue weighted by Gasteiger charge is 2.46. The third kappa shape index (κ3) is 7.90. The van der Waals surface area contributed by atoms with Crippen LogP contribution in [0.5, 0.6) is 0 Å². The Balaban J connectivity index is 2.04. The van der Waals surface area contributed by atoms with Gasteiger partial charge in [-0.25, -0.2) is 9.48 Å². The SMILES string of the molecule is COC(=O)C1=C[C@H](n2cc(-c3ccccc3COC=O)nn2)[C@@H](C)[C@H]([C@H](OC(C)=O)[C@@H](COC(C)=O)OC(C)=O)O1. The molecule has 2 aromatic rings. The number of allylic oxidation sites excluding steroid dienone is 1. The molecule has 0 N–H and O–H groups in total. The average Bonchev–Trinajstić information content (AvgIpc) is 3.42. The minimum Gasteiger partial charge on any atom is -0.479 e. The lowest BCUT2D eigenvalue weighted by molar-refractivity contribution is -0.190. The summed E-state index contributed by atoms with van der Waals surface area (Å²) < 4.78 is 33.2. The maximum Gasteiger partial charge on any atom is 0.373 e. The van der Waals surface area contributed by atoms with Gasteiger partial charge >= 0.3 is 23.9 Å². The van der Waals surface area contributed by atoms with Gasteiger partial charge < -0.3 is 28.4 Å². The molecule has 0 fully saturated rings. The van der Waals surface area contributed by atoms with Crippen molar-refractivity contribution < 1.29 is 52.4 Å². The molecule has 220 valence electrons. The van der Waals surface area contributed by atoms with Crippen LogP contribution < -0.4 is 0 Å². The summed E-state index contributed by atoms with van der Waals surface area (Å²) in [6.07, 6.45) is -0.529. The summed E-state index contributed by atoms with van der Waals surface area (Å²) in [6, 6.07) is 6.47. The number of methoxy groups -OCH3 is 1. The van der Waals surface area contributed by atoms with Crippen LogP contribution in [-0.2, 0) is 59.0 Å². The zero-order chi connectivity index (χ0) is 30.1. The van der Waals surface area contributed by atoms with E-state index in [9.17, 15) is 24.0 Å². The van der Waals surface area contributed by atoms with Crippen LogP contribution in [0.3, 0.4) is 0 Å². The highest BCUT2D eigenvalue weighted by Crippen LogP contribution is 2.36. The average molecular weight is 574 g/mol. The predicted molar refractivity (Wildman–Crippen MR) is 137 cm³/mol. The molecule has 1 aromatic carbocycles. The number of rotatable bonds is 12. The van der Waals surface area contributed by atoms with Gasteiger partial charge in [-0.2, -0.15) is 0 Å². The molecule has 1 aromatic heterocycles. The molecule has 14 heteroatoms. The van der Waals surface area contributed by atoms with Gasteiger partial charge in [0.25, 0.3) is 6.47 Å². The van der Waals surface area contributed by atoms with Crippen molar-refractivity contribution in [1.82, 2.24) is 15.0 Å². The third-order valence-corrected chi connectivity index (χ3v) is 6.21. The number of aromatic nitrogens is 3. The number of carbonyl (C=O) groups excluding carboxylic acids is 5. The topological polar surface area (TPSA) is 171 Å². The Morgan fingerprint density at radius 2 is 1.78 bits per heavy atom. The zero-order valence-corrected chi connectivity index (χ0v) is 23.2. The van der Waals surface area contributed by atoms with Crippen molar-refractivity contribution in [2.24, 2.45) is 5.92 Å². The van der Waals surface area contributed by atoms with Gasteiger partial charge in [-0.15, -0.1) is 5.10 Å². The minimum absolute atomic E-state index is 0.0264. The molecule has 0 spiro atoms. The van der Waals surface area contributed by atoms with Crippen LogP contribution in [0.15, 0.2) is 42.3 Å². The normalized spacial score (nSPS) is 19.4. The molecule has 0 bridgehead atoms. The zero-order valence-electron chi connectivity index (χ0n) is 23.2.